The van der Waals surface area contributed by atoms with Gasteiger partial charge in [-0.05, 0) is 18.2 Å². The van der Waals surface area contributed by atoms with Crippen LogP contribution in [0.4, 0.5) is 10.5 Å². The Labute approximate surface area is 150 Å². The molecule has 0 unspecified atom stereocenters. The van der Waals surface area contributed by atoms with Crippen molar-refractivity contribution in [3.8, 4) is 0 Å². The minimum atomic E-state index is -0.258. The van der Waals surface area contributed by atoms with Crippen LogP contribution < -0.4 is 10.6 Å². The molecule has 0 radical (unpaired) electrons. The van der Waals surface area contributed by atoms with Crippen LogP contribution in [0.1, 0.15) is 12.7 Å². The molecular weight excluding hydrogens is 330 g/mol. The molecule has 7 heteroatoms. The van der Waals surface area contributed by atoms with Gasteiger partial charge in [-0.2, -0.15) is 0 Å². The molecule has 2 aromatic carbocycles. The topological polar surface area (TPSA) is 85.0 Å². The van der Waals surface area contributed by atoms with E-state index in [9.17, 15) is 4.79 Å². The number of anilines is 1. The summed E-state index contributed by atoms with van der Waals surface area (Å²) >= 11 is 0. The summed E-state index contributed by atoms with van der Waals surface area (Å²) in [6.07, 6.45) is 2.48. The van der Waals surface area contributed by atoms with Gasteiger partial charge in [0.25, 0.3) is 0 Å². The second-order valence-corrected chi connectivity index (χ2v) is 5.98. The van der Waals surface area contributed by atoms with Gasteiger partial charge in [0.2, 0.25) is 0 Å². The fourth-order valence-electron chi connectivity index (χ4n) is 3.01. The number of nitrogens with zero attached hydrogens (tertiary/aromatic N) is 3. The van der Waals surface area contributed by atoms with E-state index in [2.05, 4.69) is 20.8 Å². The molecule has 2 amide bonds. The molecule has 26 heavy (non-hydrogen) atoms. The van der Waals surface area contributed by atoms with E-state index in [1.54, 1.807) is 6.33 Å². The second-order valence-electron chi connectivity index (χ2n) is 5.98. The number of para-hydroxylation sites is 1. The molecule has 0 aliphatic rings. The van der Waals surface area contributed by atoms with Crippen LogP contribution in [0.2, 0.25) is 0 Å². The van der Waals surface area contributed by atoms with Gasteiger partial charge in [-0.3, -0.25) is 0 Å². The molecule has 2 heterocycles. The first-order chi connectivity index (χ1) is 12.7. The van der Waals surface area contributed by atoms with Crippen molar-refractivity contribution in [3.05, 3.63) is 54.6 Å². The Morgan fingerprint density at radius 3 is 2.88 bits per heavy atom. The number of aryl methyl sites for hydroxylation is 1. The fraction of sp³-hybridized carbons (Fsp3) is 0.211. The Morgan fingerprint density at radius 1 is 1.15 bits per heavy atom. The van der Waals surface area contributed by atoms with Crippen LogP contribution >= 0.6 is 0 Å². The summed E-state index contributed by atoms with van der Waals surface area (Å²) in [7, 11) is 0. The Kier molecular flexibility index (Phi) is 4.27. The molecule has 0 aliphatic heterocycles. The minimum Gasteiger partial charge on any atom is -0.456 e. The van der Waals surface area contributed by atoms with Gasteiger partial charge in [0.1, 0.15) is 23.3 Å². The predicted octanol–water partition coefficient (Wildman–Crippen LogP) is 3.56. The number of aromatic nitrogens is 3. The maximum Gasteiger partial charge on any atom is 0.319 e. The molecule has 0 saturated heterocycles. The summed E-state index contributed by atoms with van der Waals surface area (Å²) in [5.41, 5.74) is 2.28. The van der Waals surface area contributed by atoms with Gasteiger partial charge >= 0.3 is 6.03 Å². The van der Waals surface area contributed by atoms with E-state index in [0.717, 1.165) is 34.2 Å². The number of amides is 2. The normalized spacial score (nSPS) is 11.1. The standard InChI is InChI=1S/C19H19N5O2/c1-2-18-23-21-12-24(18)10-9-20-19(25)22-13-7-8-15-14-5-3-4-6-16(14)26-17(15)11-13/h3-8,11-12H,2,9-10H2,1H3,(H2,20,22,25). The highest BCUT2D eigenvalue weighted by Gasteiger charge is 2.08. The van der Waals surface area contributed by atoms with Crippen molar-refractivity contribution in [1.29, 1.82) is 0 Å². The number of rotatable bonds is 5. The molecular formula is C19H19N5O2. The molecule has 7 nitrogen and oxygen atoms in total. The zero-order valence-corrected chi connectivity index (χ0v) is 14.4. The van der Waals surface area contributed by atoms with Crippen molar-refractivity contribution in [1.82, 2.24) is 20.1 Å². The van der Waals surface area contributed by atoms with Gasteiger partial charge in [0.05, 0.1) is 0 Å². The van der Waals surface area contributed by atoms with E-state index >= 15 is 0 Å². The number of carbonyl (C=O) groups is 1. The number of carbonyl (C=O) groups excluding carboxylic acids is 1. The number of hydrogen-bond donors (Lipinski definition) is 2. The van der Waals surface area contributed by atoms with Crippen LogP contribution in [0.5, 0.6) is 0 Å². The first kappa shape index (κ1) is 16.1. The average molecular weight is 349 g/mol. The summed E-state index contributed by atoms with van der Waals surface area (Å²) in [5.74, 6) is 0.905. The molecule has 0 atom stereocenters. The van der Waals surface area contributed by atoms with Gasteiger partial charge in [-0.15, -0.1) is 10.2 Å². The SMILES string of the molecule is CCc1nncn1CCNC(=O)Nc1ccc2c(c1)oc1ccccc12. The van der Waals surface area contributed by atoms with E-state index in [4.69, 9.17) is 4.42 Å². The van der Waals surface area contributed by atoms with Crippen molar-refractivity contribution >= 4 is 33.7 Å². The zero-order valence-electron chi connectivity index (χ0n) is 14.4. The number of furan rings is 1. The molecule has 132 valence electrons. The van der Waals surface area contributed by atoms with Crippen LogP contribution in [0.15, 0.2) is 53.2 Å². The molecule has 0 aliphatic carbocycles. The van der Waals surface area contributed by atoms with Crippen molar-refractivity contribution in [3.63, 3.8) is 0 Å². The van der Waals surface area contributed by atoms with E-state index in [1.165, 1.54) is 0 Å². The fourth-order valence-corrected chi connectivity index (χ4v) is 3.01. The van der Waals surface area contributed by atoms with Gasteiger partial charge in [0, 0.05) is 42.0 Å². The average Bonchev–Trinajstić information content (AvgIpc) is 3.25. The van der Waals surface area contributed by atoms with Crippen molar-refractivity contribution in [2.45, 2.75) is 19.9 Å². The van der Waals surface area contributed by atoms with E-state index in [1.807, 2.05) is 54.0 Å². The van der Waals surface area contributed by atoms with Crippen LogP contribution in [0, 0.1) is 0 Å². The van der Waals surface area contributed by atoms with Gasteiger partial charge in [0.15, 0.2) is 0 Å². The first-order valence-corrected chi connectivity index (χ1v) is 8.57. The first-order valence-electron chi connectivity index (χ1n) is 8.57. The number of urea groups is 1. The monoisotopic (exact) mass is 349 g/mol. The Hall–Kier alpha value is -3.35. The van der Waals surface area contributed by atoms with Crippen molar-refractivity contribution < 1.29 is 9.21 Å². The minimum absolute atomic E-state index is 0.258. The van der Waals surface area contributed by atoms with Gasteiger partial charge in [-0.25, -0.2) is 4.79 Å². The largest absolute Gasteiger partial charge is 0.456 e. The third-order valence-corrected chi connectivity index (χ3v) is 4.29. The Morgan fingerprint density at radius 2 is 2.00 bits per heavy atom. The Balaban J connectivity index is 1.40. The maximum absolute atomic E-state index is 12.1. The van der Waals surface area contributed by atoms with Crippen LogP contribution in [0.25, 0.3) is 21.9 Å². The van der Waals surface area contributed by atoms with Crippen LogP contribution in [0.3, 0.4) is 0 Å². The number of fused-ring (bicyclic) bond motifs is 3. The summed E-state index contributed by atoms with van der Waals surface area (Å²) < 4.78 is 7.77. The van der Waals surface area contributed by atoms with Crippen molar-refractivity contribution in [2.75, 3.05) is 11.9 Å². The summed E-state index contributed by atoms with van der Waals surface area (Å²) in [4.78, 5) is 12.1. The molecule has 0 bridgehead atoms. The number of benzene rings is 2. The highest BCUT2D eigenvalue weighted by molar-refractivity contribution is 6.06. The maximum atomic E-state index is 12.1. The second kappa shape index (κ2) is 6.87. The molecule has 4 rings (SSSR count). The Bertz CT molecular complexity index is 1070. The quantitative estimate of drug-likeness (QED) is 0.577. The predicted molar refractivity (Wildman–Crippen MR) is 100 cm³/mol. The molecule has 0 saturated carbocycles. The smallest absolute Gasteiger partial charge is 0.319 e. The molecule has 4 aromatic rings. The van der Waals surface area contributed by atoms with E-state index in [0.29, 0.717) is 18.8 Å². The van der Waals surface area contributed by atoms with Gasteiger partial charge < -0.3 is 19.6 Å². The van der Waals surface area contributed by atoms with Crippen LogP contribution in [-0.4, -0.2) is 27.3 Å². The van der Waals surface area contributed by atoms with Gasteiger partial charge in [-0.1, -0.05) is 25.1 Å². The third-order valence-electron chi connectivity index (χ3n) is 4.29. The summed E-state index contributed by atoms with van der Waals surface area (Å²) in [5, 5.41) is 15.7. The van der Waals surface area contributed by atoms with Crippen molar-refractivity contribution in [2.24, 2.45) is 0 Å². The zero-order chi connectivity index (χ0) is 17.9. The van der Waals surface area contributed by atoms with Crippen LogP contribution in [-0.2, 0) is 13.0 Å². The van der Waals surface area contributed by atoms with E-state index in [-0.39, 0.29) is 6.03 Å². The lowest BCUT2D eigenvalue weighted by molar-refractivity contribution is 0.251. The molecule has 2 aromatic heterocycles. The summed E-state index contributed by atoms with van der Waals surface area (Å²) in [6.45, 7) is 3.14. The molecule has 2 N–H and O–H groups in total. The number of hydrogen-bond acceptors (Lipinski definition) is 4. The third kappa shape index (κ3) is 3.11. The molecule has 0 spiro atoms. The highest BCUT2D eigenvalue weighted by Crippen LogP contribution is 2.30. The lowest BCUT2D eigenvalue weighted by Gasteiger charge is -2.09. The number of nitrogens with one attached hydrogen (secondary N) is 2. The van der Waals surface area contributed by atoms with E-state index < -0.39 is 0 Å². The molecule has 0 fully saturated rings. The lowest BCUT2D eigenvalue weighted by atomic mass is 10.1. The highest BCUT2D eigenvalue weighted by atomic mass is 16.3. The summed E-state index contributed by atoms with van der Waals surface area (Å²) in [6, 6.07) is 13.3. The lowest BCUT2D eigenvalue weighted by Crippen LogP contribution is -2.31.